The fourth-order valence-electron chi connectivity index (χ4n) is 3.41. The van der Waals surface area contributed by atoms with Gasteiger partial charge in [0.1, 0.15) is 17.8 Å². The quantitative estimate of drug-likeness (QED) is 0.320. The van der Waals surface area contributed by atoms with Gasteiger partial charge in [0.05, 0.1) is 17.8 Å². The topological polar surface area (TPSA) is 80.9 Å². The molecule has 0 amide bonds. The molecule has 5 heteroatoms. The molecule has 2 atom stereocenters. The number of nitrogens with one attached hydrogen (secondary N) is 2. The molecule has 0 aliphatic heterocycles. The van der Waals surface area contributed by atoms with Gasteiger partial charge in [0.25, 0.3) is 0 Å². The Morgan fingerprint density at radius 3 is 1.67 bits per heavy atom. The van der Waals surface area contributed by atoms with Gasteiger partial charge in [-0.25, -0.2) is 0 Å². The Labute approximate surface area is 193 Å². The predicted octanol–water partition coefficient (Wildman–Crippen LogP) is 6.83. The highest BCUT2D eigenvalue weighted by molar-refractivity contribution is 5.60. The number of nitrogens with zero attached hydrogens (tertiary/aromatic N) is 2. The second-order valence-electron chi connectivity index (χ2n) is 7.36. The number of anilines is 2. The lowest BCUT2D eigenvalue weighted by Gasteiger charge is -2.17. The molecule has 2 unspecified atom stereocenters. The van der Waals surface area contributed by atoms with Crippen molar-refractivity contribution < 1.29 is 4.74 Å². The summed E-state index contributed by atoms with van der Waals surface area (Å²) in [4.78, 5) is 0. The number of ether oxygens (including phenoxy) is 1. The number of rotatable bonds is 8. The van der Waals surface area contributed by atoms with Crippen molar-refractivity contribution >= 4 is 11.4 Å². The number of nitriles is 2. The SMILES string of the molecule is N#CC(Nc1ccc(Oc2ccccc2NC(C#N)c2ccccc2)cc1)c1ccccc1. The summed E-state index contributed by atoms with van der Waals surface area (Å²) in [5.41, 5.74) is 3.34. The summed E-state index contributed by atoms with van der Waals surface area (Å²) in [7, 11) is 0. The van der Waals surface area contributed by atoms with Crippen LogP contribution in [0.25, 0.3) is 0 Å². The fourth-order valence-corrected chi connectivity index (χ4v) is 3.41. The molecule has 0 bridgehead atoms. The first-order valence-corrected chi connectivity index (χ1v) is 10.6. The van der Waals surface area contributed by atoms with Crippen molar-refractivity contribution in [3.63, 3.8) is 0 Å². The van der Waals surface area contributed by atoms with Gasteiger partial charge >= 0.3 is 0 Å². The molecule has 0 saturated carbocycles. The van der Waals surface area contributed by atoms with Crippen molar-refractivity contribution in [2.24, 2.45) is 0 Å². The summed E-state index contributed by atoms with van der Waals surface area (Å²) in [6.07, 6.45) is 0. The molecular weight excluding hydrogens is 408 g/mol. The first kappa shape index (κ1) is 21.5. The number of benzene rings is 4. The third-order valence-electron chi connectivity index (χ3n) is 5.10. The Bertz CT molecular complexity index is 1260. The highest BCUT2D eigenvalue weighted by Crippen LogP contribution is 2.32. The van der Waals surface area contributed by atoms with Gasteiger partial charge in [-0.15, -0.1) is 0 Å². The zero-order valence-electron chi connectivity index (χ0n) is 17.8. The van der Waals surface area contributed by atoms with Crippen LogP contribution in [0, 0.1) is 22.7 Å². The highest BCUT2D eigenvalue weighted by atomic mass is 16.5. The Hall–Kier alpha value is -4.74. The van der Waals surface area contributed by atoms with Crippen LogP contribution in [0.1, 0.15) is 23.2 Å². The highest BCUT2D eigenvalue weighted by Gasteiger charge is 2.13. The lowest BCUT2D eigenvalue weighted by atomic mass is 10.1. The smallest absolute Gasteiger partial charge is 0.150 e. The lowest BCUT2D eigenvalue weighted by Crippen LogP contribution is -2.09. The molecule has 0 heterocycles. The number of para-hydroxylation sites is 2. The molecule has 0 aliphatic carbocycles. The van der Waals surface area contributed by atoms with Gasteiger partial charge in [-0.2, -0.15) is 10.5 Å². The van der Waals surface area contributed by atoms with Gasteiger partial charge < -0.3 is 15.4 Å². The van der Waals surface area contributed by atoms with Crippen LogP contribution < -0.4 is 15.4 Å². The first-order valence-electron chi connectivity index (χ1n) is 10.6. The molecule has 0 saturated heterocycles. The van der Waals surface area contributed by atoms with Crippen molar-refractivity contribution in [1.82, 2.24) is 0 Å². The van der Waals surface area contributed by atoms with E-state index in [4.69, 9.17) is 4.74 Å². The second-order valence-corrected chi connectivity index (χ2v) is 7.36. The van der Waals surface area contributed by atoms with Crippen LogP contribution in [0.5, 0.6) is 11.5 Å². The standard InChI is InChI=1S/C28H22N4O/c29-19-26(21-9-3-1-4-10-21)31-23-15-17-24(18-16-23)33-28-14-8-7-13-25(28)32-27(20-30)22-11-5-2-6-12-22/h1-18,26-27,31-32H. The van der Waals surface area contributed by atoms with Crippen molar-refractivity contribution in [2.45, 2.75) is 12.1 Å². The van der Waals surface area contributed by atoms with Gasteiger partial charge in [0.15, 0.2) is 5.75 Å². The van der Waals surface area contributed by atoms with Crippen LogP contribution >= 0.6 is 0 Å². The fraction of sp³-hybridized carbons (Fsp3) is 0.0714. The average Bonchev–Trinajstić information content (AvgIpc) is 2.88. The minimum absolute atomic E-state index is 0.441. The summed E-state index contributed by atoms with van der Waals surface area (Å²) in [5.74, 6) is 1.27. The largest absolute Gasteiger partial charge is 0.455 e. The predicted molar refractivity (Wildman–Crippen MR) is 130 cm³/mol. The summed E-state index contributed by atoms with van der Waals surface area (Å²) >= 11 is 0. The van der Waals surface area contributed by atoms with E-state index in [0.717, 1.165) is 22.5 Å². The van der Waals surface area contributed by atoms with Gasteiger partial charge in [-0.3, -0.25) is 0 Å². The van der Waals surface area contributed by atoms with Crippen LogP contribution in [0.4, 0.5) is 11.4 Å². The average molecular weight is 431 g/mol. The summed E-state index contributed by atoms with van der Waals surface area (Å²) in [5, 5.41) is 25.7. The van der Waals surface area contributed by atoms with E-state index in [-0.39, 0.29) is 0 Å². The van der Waals surface area contributed by atoms with Crippen molar-refractivity contribution in [3.8, 4) is 23.6 Å². The zero-order chi connectivity index (χ0) is 22.9. The molecule has 5 nitrogen and oxygen atoms in total. The molecule has 0 radical (unpaired) electrons. The molecule has 2 N–H and O–H groups in total. The maximum absolute atomic E-state index is 9.64. The first-order chi connectivity index (χ1) is 16.3. The molecule has 4 rings (SSSR count). The zero-order valence-corrected chi connectivity index (χ0v) is 17.8. The van der Waals surface area contributed by atoms with Gasteiger partial charge in [0.2, 0.25) is 0 Å². The van der Waals surface area contributed by atoms with Crippen LogP contribution in [0.15, 0.2) is 109 Å². The van der Waals surface area contributed by atoms with Crippen molar-refractivity contribution in [2.75, 3.05) is 10.6 Å². The van der Waals surface area contributed by atoms with Gasteiger partial charge in [0, 0.05) is 5.69 Å². The van der Waals surface area contributed by atoms with Crippen LogP contribution in [-0.2, 0) is 0 Å². The van der Waals surface area contributed by atoms with E-state index in [1.54, 1.807) is 0 Å². The molecule has 0 aromatic heterocycles. The lowest BCUT2D eigenvalue weighted by molar-refractivity contribution is 0.484. The van der Waals surface area contributed by atoms with Crippen molar-refractivity contribution in [1.29, 1.82) is 10.5 Å². The second kappa shape index (κ2) is 10.5. The summed E-state index contributed by atoms with van der Waals surface area (Å²) < 4.78 is 6.10. The number of hydrogen-bond acceptors (Lipinski definition) is 5. The van der Waals surface area contributed by atoms with Crippen LogP contribution in [0.2, 0.25) is 0 Å². The van der Waals surface area contributed by atoms with E-state index in [2.05, 4.69) is 22.8 Å². The molecular formula is C28H22N4O. The number of hydrogen-bond donors (Lipinski definition) is 2. The third kappa shape index (κ3) is 5.50. The normalized spacial score (nSPS) is 11.9. The molecule has 4 aromatic carbocycles. The molecule has 0 aliphatic rings. The molecule has 0 fully saturated rings. The Kier molecular flexibility index (Phi) is 6.85. The summed E-state index contributed by atoms with van der Waals surface area (Å²) in [6, 6.07) is 37.8. The third-order valence-corrected chi connectivity index (χ3v) is 5.10. The van der Waals surface area contributed by atoms with Crippen molar-refractivity contribution in [3.05, 3.63) is 120 Å². The maximum atomic E-state index is 9.64. The van der Waals surface area contributed by atoms with Crippen LogP contribution in [0.3, 0.4) is 0 Å². The molecule has 4 aromatic rings. The minimum Gasteiger partial charge on any atom is -0.455 e. The molecule has 0 spiro atoms. The Morgan fingerprint density at radius 1 is 0.576 bits per heavy atom. The van der Waals surface area contributed by atoms with E-state index >= 15 is 0 Å². The Balaban J connectivity index is 1.47. The van der Waals surface area contributed by atoms with E-state index in [0.29, 0.717) is 11.5 Å². The minimum atomic E-state index is -0.497. The van der Waals surface area contributed by atoms with E-state index in [9.17, 15) is 10.5 Å². The summed E-state index contributed by atoms with van der Waals surface area (Å²) in [6.45, 7) is 0. The van der Waals surface area contributed by atoms with E-state index < -0.39 is 12.1 Å². The maximum Gasteiger partial charge on any atom is 0.150 e. The Morgan fingerprint density at radius 2 is 1.09 bits per heavy atom. The monoisotopic (exact) mass is 430 g/mol. The molecule has 160 valence electrons. The van der Waals surface area contributed by atoms with Gasteiger partial charge in [-0.1, -0.05) is 72.8 Å². The van der Waals surface area contributed by atoms with Crippen LogP contribution in [-0.4, -0.2) is 0 Å². The van der Waals surface area contributed by atoms with Gasteiger partial charge in [-0.05, 0) is 47.5 Å². The molecule has 33 heavy (non-hydrogen) atoms. The van der Waals surface area contributed by atoms with E-state index in [1.165, 1.54) is 0 Å². The van der Waals surface area contributed by atoms with E-state index in [1.807, 2.05) is 109 Å².